The van der Waals surface area contributed by atoms with Crippen LogP contribution in [0.15, 0.2) is 54.6 Å². The molecule has 0 fully saturated rings. The number of benzene rings is 3. The van der Waals surface area contributed by atoms with Crippen LogP contribution < -0.4 is 10.1 Å². The molecule has 0 spiro atoms. The fourth-order valence-corrected chi connectivity index (χ4v) is 3.82. The molecule has 1 aliphatic rings. The molecule has 138 valence electrons. The molecular weight excluding hydrogens is 334 g/mol. The van der Waals surface area contributed by atoms with Gasteiger partial charge in [-0.25, -0.2) is 0 Å². The topological polar surface area (TPSA) is 38.3 Å². The molecule has 0 unspecified atom stereocenters. The lowest BCUT2D eigenvalue weighted by molar-refractivity contribution is -0.118. The van der Waals surface area contributed by atoms with E-state index in [1.165, 1.54) is 22.1 Å². The highest BCUT2D eigenvalue weighted by atomic mass is 16.5. The standard InChI is InChI=1S/C24H25NO2/c1-3-16(2)17-9-12-20(13-10-17)27-15-23(26)25-22-14-11-19-8-7-18-5-4-6-21(22)24(18)19/h4-6,9-14,16H,3,7-8,15H2,1-2H3,(H,25,26)/t16-/m0/s1. The summed E-state index contributed by atoms with van der Waals surface area (Å²) in [6.07, 6.45) is 3.27. The molecule has 0 heterocycles. The molecule has 27 heavy (non-hydrogen) atoms. The molecule has 0 aromatic heterocycles. The van der Waals surface area contributed by atoms with Gasteiger partial charge in [-0.05, 0) is 65.5 Å². The summed E-state index contributed by atoms with van der Waals surface area (Å²) in [4.78, 5) is 12.4. The van der Waals surface area contributed by atoms with Gasteiger partial charge in [0.1, 0.15) is 5.75 Å². The lowest BCUT2D eigenvalue weighted by atomic mass is 9.99. The predicted octanol–water partition coefficient (Wildman–Crippen LogP) is 5.47. The molecule has 3 aromatic rings. The number of anilines is 1. The second-order valence-electron chi connectivity index (χ2n) is 7.33. The van der Waals surface area contributed by atoms with Crippen molar-refractivity contribution in [1.29, 1.82) is 0 Å². The van der Waals surface area contributed by atoms with Gasteiger partial charge in [-0.15, -0.1) is 0 Å². The summed E-state index contributed by atoms with van der Waals surface area (Å²) in [5.74, 6) is 1.11. The van der Waals surface area contributed by atoms with Crippen LogP contribution in [0.4, 0.5) is 5.69 Å². The van der Waals surface area contributed by atoms with Crippen molar-refractivity contribution in [2.45, 2.75) is 39.0 Å². The van der Waals surface area contributed by atoms with Gasteiger partial charge in [-0.2, -0.15) is 0 Å². The van der Waals surface area contributed by atoms with Crippen LogP contribution in [0.25, 0.3) is 10.8 Å². The third kappa shape index (κ3) is 3.55. The zero-order valence-electron chi connectivity index (χ0n) is 15.9. The van der Waals surface area contributed by atoms with Crippen molar-refractivity contribution in [3.8, 4) is 5.75 Å². The van der Waals surface area contributed by atoms with E-state index in [4.69, 9.17) is 4.74 Å². The van der Waals surface area contributed by atoms with Gasteiger partial charge in [0.25, 0.3) is 5.91 Å². The van der Waals surface area contributed by atoms with E-state index in [0.29, 0.717) is 5.92 Å². The Morgan fingerprint density at radius 1 is 1.04 bits per heavy atom. The zero-order valence-corrected chi connectivity index (χ0v) is 15.9. The number of aryl methyl sites for hydroxylation is 2. The van der Waals surface area contributed by atoms with Crippen LogP contribution in [-0.2, 0) is 17.6 Å². The van der Waals surface area contributed by atoms with Crippen LogP contribution >= 0.6 is 0 Å². The molecule has 3 heteroatoms. The first-order chi connectivity index (χ1) is 13.2. The highest BCUT2D eigenvalue weighted by molar-refractivity contribution is 6.05. The van der Waals surface area contributed by atoms with E-state index in [2.05, 4.69) is 55.6 Å². The average molecular weight is 359 g/mol. The van der Waals surface area contributed by atoms with E-state index in [1.54, 1.807) is 0 Å². The third-order valence-electron chi connectivity index (χ3n) is 5.58. The smallest absolute Gasteiger partial charge is 0.262 e. The van der Waals surface area contributed by atoms with Gasteiger partial charge in [0.2, 0.25) is 0 Å². The van der Waals surface area contributed by atoms with Crippen LogP contribution in [-0.4, -0.2) is 12.5 Å². The Balaban J connectivity index is 1.43. The van der Waals surface area contributed by atoms with Crippen LogP contribution in [0.5, 0.6) is 5.75 Å². The Morgan fingerprint density at radius 2 is 1.78 bits per heavy atom. The lowest BCUT2D eigenvalue weighted by Gasteiger charge is -2.12. The van der Waals surface area contributed by atoms with E-state index in [1.807, 2.05) is 18.2 Å². The summed E-state index contributed by atoms with van der Waals surface area (Å²) in [7, 11) is 0. The Hall–Kier alpha value is -2.81. The number of hydrogen-bond donors (Lipinski definition) is 1. The first-order valence-corrected chi connectivity index (χ1v) is 9.72. The number of rotatable bonds is 6. The quantitative estimate of drug-likeness (QED) is 0.634. The van der Waals surface area contributed by atoms with Crippen molar-refractivity contribution in [3.05, 3.63) is 71.3 Å². The maximum absolute atomic E-state index is 12.4. The predicted molar refractivity (Wildman–Crippen MR) is 111 cm³/mol. The summed E-state index contributed by atoms with van der Waals surface area (Å²) in [6.45, 7) is 4.40. The maximum Gasteiger partial charge on any atom is 0.262 e. The van der Waals surface area contributed by atoms with Gasteiger partial charge in [0.05, 0.1) is 0 Å². The van der Waals surface area contributed by atoms with Gasteiger partial charge in [-0.3, -0.25) is 4.79 Å². The number of carbonyl (C=O) groups is 1. The highest BCUT2D eigenvalue weighted by Gasteiger charge is 2.16. The summed E-state index contributed by atoms with van der Waals surface area (Å²) >= 11 is 0. The Bertz CT molecular complexity index is 965. The monoisotopic (exact) mass is 359 g/mol. The van der Waals surface area contributed by atoms with Crippen molar-refractivity contribution in [2.24, 2.45) is 0 Å². The molecule has 0 aliphatic heterocycles. The van der Waals surface area contributed by atoms with Gasteiger partial charge in [0.15, 0.2) is 6.61 Å². The number of amides is 1. The molecule has 1 aliphatic carbocycles. The second-order valence-corrected chi connectivity index (χ2v) is 7.33. The van der Waals surface area contributed by atoms with Crippen LogP contribution in [0.1, 0.15) is 42.9 Å². The SMILES string of the molecule is CC[C@H](C)c1ccc(OCC(=O)Nc2ccc3c4c(cccc24)CC3)cc1. The number of nitrogens with one attached hydrogen (secondary N) is 1. The molecule has 0 bridgehead atoms. The Morgan fingerprint density at radius 3 is 2.52 bits per heavy atom. The molecule has 0 saturated heterocycles. The first kappa shape index (κ1) is 17.6. The number of carbonyl (C=O) groups excluding carboxylic acids is 1. The zero-order chi connectivity index (χ0) is 18.8. The fraction of sp³-hybridized carbons (Fsp3) is 0.292. The molecule has 0 saturated carbocycles. The van der Waals surface area contributed by atoms with Gasteiger partial charge < -0.3 is 10.1 Å². The van der Waals surface area contributed by atoms with Crippen molar-refractivity contribution in [1.82, 2.24) is 0 Å². The van der Waals surface area contributed by atoms with E-state index in [-0.39, 0.29) is 12.5 Å². The molecular formula is C24H25NO2. The summed E-state index contributed by atoms with van der Waals surface area (Å²) in [5.41, 5.74) is 4.90. The van der Waals surface area contributed by atoms with Gasteiger partial charge in [-0.1, -0.05) is 50.2 Å². The van der Waals surface area contributed by atoms with Gasteiger partial charge >= 0.3 is 0 Å². The highest BCUT2D eigenvalue weighted by Crippen LogP contribution is 2.35. The lowest BCUT2D eigenvalue weighted by Crippen LogP contribution is -2.20. The van der Waals surface area contributed by atoms with Crippen molar-refractivity contribution >= 4 is 22.4 Å². The normalized spacial score (nSPS) is 13.6. The van der Waals surface area contributed by atoms with Crippen molar-refractivity contribution < 1.29 is 9.53 Å². The minimum atomic E-state index is -0.139. The minimum Gasteiger partial charge on any atom is -0.484 e. The minimum absolute atomic E-state index is 0.00557. The molecule has 3 nitrogen and oxygen atoms in total. The van der Waals surface area contributed by atoms with E-state index >= 15 is 0 Å². The Kier molecular flexibility index (Phi) is 4.85. The van der Waals surface area contributed by atoms with Crippen molar-refractivity contribution in [3.63, 3.8) is 0 Å². The third-order valence-corrected chi connectivity index (χ3v) is 5.58. The number of hydrogen-bond acceptors (Lipinski definition) is 2. The van der Waals surface area contributed by atoms with Crippen molar-refractivity contribution in [2.75, 3.05) is 11.9 Å². The maximum atomic E-state index is 12.4. The summed E-state index contributed by atoms with van der Waals surface area (Å²) < 4.78 is 5.67. The van der Waals surface area contributed by atoms with Gasteiger partial charge in [0, 0.05) is 11.1 Å². The largest absolute Gasteiger partial charge is 0.484 e. The molecule has 0 radical (unpaired) electrons. The molecule has 1 N–H and O–H groups in total. The average Bonchev–Trinajstić information content (AvgIpc) is 3.13. The fourth-order valence-electron chi connectivity index (χ4n) is 3.82. The van der Waals surface area contributed by atoms with E-state index in [0.717, 1.165) is 36.1 Å². The second kappa shape index (κ2) is 7.43. The summed E-state index contributed by atoms with van der Waals surface area (Å²) in [5, 5.41) is 5.43. The molecule has 1 amide bonds. The molecule has 4 rings (SSSR count). The first-order valence-electron chi connectivity index (χ1n) is 9.72. The van der Waals surface area contributed by atoms with E-state index < -0.39 is 0 Å². The van der Waals surface area contributed by atoms with Crippen LogP contribution in [0, 0.1) is 0 Å². The Labute approximate surface area is 160 Å². The van der Waals surface area contributed by atoms with E-state index in [9.17, 15) is 4.79 Å². The van der Waals surface area contributed by atoms with Crippen LogP contribution in [0.3, 0.4) is 0 Å². The molecule has 3 aromatic carbocycles. The van der Waals surface area contributed by atoms with Crippen LogP contribution in [0.2, 0.25) is 0 Å². The number of ether oxygens (including phenoxy) is 1. The molecule has 1 atom stereocenters. The summed E-state index contributed by atoms with van der Waals surface area (Å²) in [6, 6.07) is 18.5.